The molecule has 0 spiro atoms. The molecule has 1 N–H and O–H groups in total. The Kier molecular flexibility index (Phi) is 36.6. The molecule has 0 fully saturated rings. The highest BCUT2D eigenvalue weighted by Gasteiger charge is 2.13. The Bertz CT molecular complexity index is 561. The average Bonchev–Trinajstić information content (AvgIpc) is 3.01. The van der Waals surface area contributed by atoms with Crippen molar-refractivity contribution in [3.05, 3.63) is 12.2 Å². The van der Waals surface area contributed by atoms with E-state index in [-0.39, 0.29) is 12.6 Å². The highest BCUT2D eigenvalue weighted by atomic mass is 16.6. The van der Waals surface area contributed by atoms with Gasteiger partial charge in [-0.3, -0.25) is 4.79 Å². The molecule has 0 aliphatic heterocycles. The van der Waals surface area contributed by atoms with Crippen molar-refractivity contribution in [2.45, 2.75) is 213 Å². The number of hydrogen-bond acceptors (Lipinski definition) is 4. The molecule has 0 saturated carbocycles. The van der Waals surface area contributed by atoms with Crippen LogP contribution in [0.2, 0.25) is 0 Å². The van der Waals surface area contributed by atoms with Gasteiger partial charge in [0.15, 0.2) is 0 Å². The smallest absolute Gasteiger partial charge is 0.306 e. The van der Waals surface area contributed by atoms with Gasteiger partial charge in [-0.1, -0.05) is 180 Å². The first-order valence-electron chi connectivity index (χ1n) is 19.3. The van der Waals surface area contributed by atoms with Crippen LogP contribution >= 0.6 is 0 Å². The summed E-state index contributed by atoms with van der Waals surface area (Å²) in [6.45, 7) is 5.33. The van der Waals surface area contributed by atoms with E-state index in [9.17, 15) is 9.90 Å². The second-order valence-corrected chi connectivity index (χ2v) is 13.0. The fourth-order valence-electron chi connectivity index (χ4n) is 5.66. The number of unbranched alkanes of at least 4 members (excludes halogenated alkanes) is 26. The summed E-state index contributed by atoms with van der Waals surface area (Å²) in [5.41, 5.74) is 0. The predicted octanol–water partition coefficient (Wildman–Crippen LogP) is 12.2. The summed E-state index contributed by atoms with van der Waals surface area (Å²) in [4.78, 5) is 12.1. The first-order chi connectivity index (χ1) is 21.2. The molecular formula is C39H76O4. The van der Waals surface area contributed by atoms with Crippen LogP contribution in [0.1, 0.15) is 206 Å². The average molecular weight is 609 g/mol. The molecular weight excluding hydrogens is 532 g/mol. The fourth-order valence-corrected chi connectivity index (χ4v) is 5.66. The third kappa shape index (κ3) is 35.5. The van der Waals surface area contributed by atoms with E-state index in [0.717, 1.165) is 19.3 Å². The highest BCUT2D eigenvalue weighted by molar-refractivity contribution is 5.69. The lowest BCUT2D eigenvalue weighted by Gasteiger charge is -2.15. The van der Waals surface area contributed by atoms with Crippen LogP contribution in [-0.2, 0) is 14.3 Å². The summed E-state index contributed by atoms with van der Waals surface area (Å²) < 4.78 is 11.1. The van der Waals surface area contributed by atoms with Crippen LogP contribution in [0.4, 0.5) is 0 Å². The number of hydrogen-bond donors (Lipinski definition) is 1. The molecule has 0 aromatic heterocycles. The second-order valence-electron chi connectivity index (χ2n) is 13.0. The summed E-state index contributed by atoms with van der Waals surface area (Å²) in [7, 11) is 0. The molecule has 1 atom stereocenters. The Balaban J connectivity index is 3.36. The molecule has 0 aliphatic carbocycles. The number of carbonyl (C=O) groups is 1. The maximum absolute atomic E-state index is 12.1. The van der Waals surface area contributed by atoms with Crippen LogP contribution in [0.25, 0.3) is 0 Å². The summed E-state index contributed by atoms with van der Waals surface area (Å²) >= 11 is 0. The largest absolute Gasteiger partial charge is 0.457 e. The van der Waals surface area contributed by atoms with E-state index in [4.69, 9.17) is 9.47 Å². The molecule has 256 valence electrons. The minimum absolute atomic E-state index is 0.170. The highest BCUT2D eigenvalue weighted by Crippen LogP contribution is 2.15. The van der Waals surface area contributed by atoms with Gasteiger partial charge in [-0.05, 0) is 32.1 Å². The van der Waals surface area contributed by atoms with E-state index < -0.39 is 6.10 Å². The van der Waals surface area contributed by atoms with Crippen molar-refractivity contribution in [1.29, 1.82) is 0 Å². The second kappa shape index (κ2) is 37.3. The minimum atomic E-state index is -0.530. The van der Waals surface area contributed by atoms with Crippen LogP contribution in [0.5, 0.6) is 0 Å². The van der Waals surface area contributed by atoms with Crippen molar-refractivity contribution in [3.8, 4) is 0 Å². The van der Waals surface area contributed by atoms with Crippen LogP contribution in [-0.4, -0.2) is 37.0 Å². The van der Waals surface area contributed by atoms with Crippen LogP contribution in [0.15, 0.2) is 12.2 Å². The predicted molar refractivity (Wildman–Crippen MR) is 187 cm³/mol. The van der Waals surface area contributed by atoms with Gasteiger partial charge in [0.1, 0.15) is 6.10 Å². The molecule has 43 heavy (non-hydrogen) atoms. The SMILES string of the molecule is CCCC/C=C\CCCCCCCC(=O)OC(CO)COCCCCCCCCCCCCCCCCCCCCCC. The molecule has 4 nitrogen and oxygen atoms in total. The number of rotatable bonds is 36. The van der Waals surface area contributed by atoms with Gasteiger partial charge in [0.05, 0.1) is 13.2 Å². The lowest BCUT2D eigenvalue weighted by atomic mass is 10.0. The zero-order valence-electron chi connectivity index (χ0n) is 29.2. The maximum atomic E-state index is 12.1. The van der Waals surface area contributed by atoms with Crippen LogP contribution < -0.4 is 0 Å². The number of carbonyl (C=O) groups excluding carboxylic acids is 1. The number of ether oxygens (including phenoxy) is 2. The molecule has 0 aromatic rings. The Morgan fingerprint density at radius 3 is 1.40 bits per heavy atom. The van der Waals surface area contributed by atoms with Gasteiger partial charge in [0, 0.05) is 13.0 Å². The number of esters is 1. The first kappa shape index (κ1) is 42.1. The van der Waals surface area contributed by atoms with E-state index >= 15 is 0 Å². The standard InChI is InChI=1S/C39H76O4/c1-3-5-7-9-11-13-15-16-17-18-19-20-21-22-23-25-27-29-31-33-35-42-37-38(36-40)43-39(41)34-32-30-28-26-24-14-12-10-8-6-4-2/h10,12,38,40H,3-9,11,13-37H2,1-2H3/b12-10-. The summed E-state index contributed by atoms with van der Waals surface area (Å²) in [6.07, 6.45) is 42.6. The van der Waals surface area contributed by atoms with Crippen molar-refractivity contribution in [2.24, 2.45) is 0 Å². The normalized spacial score (nSPS) is 12.3. The van der Waals surface area contributed by atoms with E-state index in [1.54, 1.807) is 0 Å². The lowest BCUT2D eigenvalue weighted by molar-refractivity contribution is -0.154. The fraction of sp³-hybridized carbons (Fsp3) is 0.923. The van der Waals surface area contributed by atoms with Crippen molar-refractivity contribution in [2.75, 3.05) is 19.8 Å². The van der Waals surface area contributed by atoms with E-state index in [2.05, 4.69) is 26.0 Å². The summed E-state index contributed by atoms with van der Waals surface area (Å²) in [5, 5.41) is 9.54. The molecule has 0 aromatic carbocycles. The zero-order chi connectivity index (χ0) is 31.3. The number of aliphatic hydroxyl groups is 1. The number of aliphatic hydroxyl groups excluding tert-OH is 1. The summed E-state index contributed by atoms with van der Waals surface area (Å²) in [6, 6.07) is 0. The van der Waals surface area contributed by atoms with Gasteiger partial charge in [-0.25, -0.2) is 0 Å². The lowest BCUT2D eigenvalue weighted by Crippen LogP contribution is -2.27. The van der Waals surface area contributed by atoms with Gasteiger partial charge >= 0.3 is 5.97 Å². The van der Waals surface area contributed by atoms with Crippen LogP contribution in [0, 0.1) is 0 Å². The quantitative estimate of drug-likeness (QED) is 0.0437. The van der Waals surface area contributed by atoms with Gasteiger partial charge in [0.25, 0.3) is 0 Å². The third-order valence-corrected chi connectivity index (χ3v) is 8.59. The van der Waals surface area contributed by atoms with Crippen LogP contribution in [0.3, 0.4) is 0 Å². The Hall–Kier alpha value is -0.870. The van der Waals surface area contributed by atoms with E-state index in [1.807, 2.05) is 0 Å². The molecule has 0 rings (SSSR count). The molecule has 0 saturated heterocycles. The molecule has 4 heteroatoms. The first-order valence-corrected chi connectivity index (χ1v) is 19.3. The Morgan fingerprint density at radius 1 is 0.535 bits per heavy atom. The van der Waals surface area contributed by atoms with E-state index in [1.165, 1.54) is 167 Å². The third-order valence-electron chi connectivity index (χ3n) is 8.59. The van der Waals surface area contributed by atoms with Crippen molar-refractivity contribution in [3.63, 3.8) is 0 Å². The molecule has 0 amide bonds. The zero-order valence-corrected chi connectivity index (χ0v) is 29.2. The summed E-state index contributed by atoms with van der Waals surface area (Å²) in [5.74, 6) is -0.208. The number of allylic oxidation sites excluding steroid dienone is 2. The monoisotopic (exact) mass is 609 g/mol. The Morgan fingerprint density at radius 2 is 0.930 bits per heavy atom. The van der Waals surface area contributed by atoms with Gasteiger partial charge in [0.2, 0.25) is 0 Å². The van der Waals surface area contributed by atoms with Crippen molar-refractivity contribution < 1.29 is 19.4 Å². The molecule has 0 heterocycles. The molecule has 1 unspecified atom stereocenters. The van der Waals surface area contributed by atoms with Gasteiger partial charge in [-0.2, -0.15) is 0 Å². The molecule has 0 bridgehead atoms. The molecule has 0 aliphatic rings. The van der Waals surface area contributed by atoms with Crippen molar-refractivity contribution >= 4 is 5.97 Å². The van der Waals surface area contributed by atoms with E-state index in [0.29, 0.717) is 19.6 Å². The van der Waals surface area contributed by atoms with Gasteiger partial charge in [-0.15, -0.1) is 0 Å². The topological polar surface area (TPSA) is 55.8 Å². The molecule has 0 radical (unpaired) electrons. The minimum Gasteiger partial charge on any atom is -0.457 e. The van der Waals surface area contributed by atoms with Crippen molar-refractivity contribution in [1.82, 2.24) is 0 Å². The maximum Gasteiger partial charge on any atom is 0.306 e. The Labute approximate surface area is 269 Å². The van der Waals surface area contributed by atoms with Gasteiger partial charge < -0.3 is 14.6 Å².